The lowest BCUT2D eigenvalue weighted by Gasteiger charge is -2.10. The molecule has 3 heteroatoms. The van der Waals surface area contributed by atoms with Gasteiger partial charge in [-0.05, 0) is 30.9 Å². The van der Waals surface area contributed by atoms with Gasteiger partial charge in [-0.25, -0.2) is 4.79 Å². The van der Waals surface area contributed by atoms with Gasteiger partial charge in [0.25, 0.3) is 0 Å². The van der Waals surface area contributed by atoms with Crippen molar-refractivity contribution in [2.24, 2.45) is 0 Å². The number of hydrogen-bond acceptors (Lipinski definition) is 3. The number of para-hydroxylation sites is 1. The van der Waals surface area contributed by atoms with Gasteiger partial charge in [-0.3, -0.25) is 0 Å². The first-order chi connectivity index (χ1) is 11.3. The second-order valence-electron chi connectivity index (χ2n) is 6.03. The molecule has 0 aliphatic carbocycles. The van der Waals surface area contributed by atoms with Crippen molar-refractivity contribution in [2.75, 3.05) is 6.61 Å². The van der Waals surface area contributed by atoms with Crippen molar-refractivity contribution in [1.82, 2.24) is 0 Å². The highest BCUT2D eigenvalue weighted by molar-refractivity contribution is 5.64. The minimum Gasteiger partial charge on any atom is -0.434 e. The summed E-state index contributed by atoms with van der Waals surface area (Å²) >= 11 is 0. The molecule has 0 N–H and O–H groups in total. The Morgan fingerprint density at radius 3 is 2.26 bits per heavy atom. The Morgan fingerprint density at radius 2 is 1.52 bits per heavy atom. The van der Waals surface area contributed by atoms with Gasteiger partial charge in [-0.2, -0.15) is 0 Å². The van der Waals surface area contributed by atoms with E-state index in [9.17, 15) is 4.79 Å². The lowest BCUT2D eigenvalue weighted by Crippen LogP contribution is -2.12. The summed E-state index contributed by atoms with van der Waals surface area (Å²) in [6, 6.07) is 7.76. The molecule has 0 spiro atoms. The molecule has 0 aliphatic rings. The van der Waals surface area contributed by atoms with Gasteiger partial charge in [-0.1, -0.05) is 77.0 Å². The zero-order valence-electron chi connectivity index (χ0n) is 14.8. The van der Waals surface area contributed by atoms with Crippen molar-refractivity contribution in [3.05, 3.63) is 29.8 Å². The Kier molecular flexibility index (Phi) is 11.0. The van der Waals surface area contributed by atoms with E-state index in [-0.39, 0.29) is 0 Å². The van der Waals surface area contributed by atoms with E-state index >= 15 is 0 Å². The van der Waals surface area contributed by atoms with Gasteiger partial charge in [-0.15, -0.1) is 0 Å². The van der Waals surface area contributed by atoms with Crippen LogP contribution in [0.3, 0.4) is 0 Å². The van der Waals surface area contributed by atoms with Crippen molar-refractivity contribution >= 4 is 6.16 Å². The van der Waals surface area contributed by atoms with E-state index in [0.717, 1.165) is 31.2 Å². The third kappa shape index (κ3) is 9.27. The quantitative estimate of drug-likeness (QED) is 0.258. The number of hydrogen-bond donors (Lipinski definition) is 0. The molecule has 23 heavy (non-hydrogen) atoms. The van der Waals surface area contributed by atoms with E-state index < -0.39 is 6.16 Å². The molecule has 3 nitrogen and oxygen atoms in total. The van der Waals surface area contributed by atoms with Crippen LogP contribution in [0, 0.1) is 0 Å². The molecule has 0 aliphatic heterocycles. The minimum atomic E-state index is -0.592. The second-order valence-corrected chi connectivity index (χ2v) is 6.03. The average molecular weight is 320 g/mol. The van der Waals surface area contributed by atoms with E-state index in [1.807, 2.05) is 24.3 Å². The van der Waals surface area contributed by atoms with Gasteiger partial charge in [0, 0.05) is 0 Å². The van der Waals surface area contributed by atoms with Crippen LogP contribution < -0.4 is 4.74 Å². The third-order valence-corrected chi connectivity index (χ3v) is 3.93. The van der Waals surface area contributed by atoms with Crippen LogP contribution in [0.15, 0.2) is 24.3 Å². The molecule has 0 fully saturated rings. The summed E-state index contributed by atoms with van der Waals surface area (Å²) < 4.78 is 10.4. The molecule has 0 amide bonds. The fourth-order valence-corrected chi connectivity index (χ4v) is 2.50. The van der Waals surface area contributed by atoms with Crippen molar-refractivity contribution in [2.45, 2.75) is 78.1 Å². The summed E-state index contributed by atoms with van der Waals surface area (Å²) in [4.78, 5) is 11.7. The number of ether oxygens (including phenoxy) is 2. The van der Waals surface area contributed by atoms with Crippen molar-refractivity contribution in [3.63, 3.8) is 0 Å². The molecule has 130 valence electrons. The summed E-state index contributed by atoms with van der Waals surface area (Å²) in [5.74, 6) is 0.639. The molecule has 0 bridgehead atoms. The van der Waals surface area contributed by atoms with Crippen LogP contribution in [0.1, 0.15) is 77.2 Å². The maximum absolute atomic E-state index is 11.7. The van der Waals surface area contributed by atoms with Crippen LogP contribution in [0.25, 0.3) is 0 Å². The summed E-state index contributed by atoms with van der Waals surface area (Å²) in [5, 5.41) is 0. The molecule has 0 saturated carbocycles. The largest absolute Gasteiger partial charge is 0.513 e. The maximum Gasteiger partial charge on any atom is 0.513 e. The van der Waals surface area contributed by atoms with Gasteiger partial charge in [0.15, 0.2) is 0 Å². The number of rotatable bonds is 12. The molecular weight excluding hydrogens is 288 g/mol. The lowest BCUT2D eigenvalue weighted by molar-refractivity contribution is 0.0975. The van der Waals surface area contributed by atoms with Crippen molar-refractivity contribution in [1.29, 1.82) is 0 Å². The number of benzene rings is 1. The van der Waals surface area contributed by atoms with Crippen molar-refractivity contribution in [3.8, 4) is 5.75 Å². The topological polar surface area (TPSA) is 35.5 Å². The Bertz CT molecular complexity index is 429. The smallest absolute Gasteiger partial charge is 0.434 e. The van der Waals surface area contributed by atoms with Gasteiger partial charge in [0.2, 0.25) is 0 Å². The molecule has 0 heterocycles. The van der Waals surface area contributed by atoms with Crippen LogP contribution in [0.5, 0.6) is 5.75 Å². The predicted molar refractivity (Wildman–Crippen MR) is 95.0 cm³/mol. The molecule has 1 aromatic carbocycles. The van der Waals surface area contributed by atoms with Gasteiger partial charge in [0.1, 0.15) is 5.75 Å². The molecular formula is C20H32O3. The zero-order chi connectivity index (χ0) is 16.8. The van der Waals surface area contributed by atoms with Gasteiger partial charge < -0.3 is 9.47 Å². The number of unbranched alkanes of at least 4 members (excludes halogenated alkanes) is 7. The molecule has 0 saturated heterocycles. The number of carbonyl (C=O) groups excluding carboxylic acids is 1. The standard InChI is InChI=1S/C20H32O3/c1-3-5-7-8-9-10-11-14-18-15-12-13-16-19(18)23-20(21)22-17-6-4-2/h12-13,15-16H,3-11,14,17H2,1-2H3. The first-order valence-corrected chi connectivity index (χ1v) is 9.20. The Hall–Kier alpha value is -1.51. The van der Waals surface area contributed by atoms with E-state index in [4.69, 9.17) is 9.47 Å². The SMILES string of the molecule is CCCCCCCCCc1ccccc1OC(=O)OCCCC. The maximum atomic E-state index is 11.7. The minimum absolute atomic E-state index is 0.426. The normalized spacial score (nSPS) is 10.5. The van der Waals surface area contributed by atoms with Crippen LogP contribution in [-0.2, 0) is 11.2 Å². The molecule has 0 atom stereocenters. The number of aryl methyl sites for hydroxylation is 1. The fraction of sp³-hybridized carbons (Fsp3) is 0.650. The second kappa shape index (κ2) is 13.0. The molecule has 0 radical (unpaired) electrons. The van der Waals surface area contributed by atoms with Gasteiger partial charge >= 0.3 is 6.16 Å². The highest BCUT2D eigenvalue weighted by atomic mass is 16.7. The Balaban J connectivity index is 2.31. The molecule has 0 aromatic heterocycles. The Labute approximate surface area is 141 Å². The highest BCUT2D eigenvalue weighted by Crippen LogP contribution is 2.21. The fourth-order valence-electron chi connectivity index (χ4n) is 2.50. The first-order valence-electron chi connectivity index (χ1n) is 9.20. The lowest BCUT2D eigenvalue weighted by atomic mass is 10.0. The van der Waals surface area contributed by atoms with Crippen LogP contribution in [0.2, 0.25) is 0 Å². The summed E-state index contributed by atoms with van der Waals surface area (Å²) in [7, 11) is 0. The predicted octanol–water partition coefficient (Wildman–Crippen LogP) is 6.30. The Morgan fingerprint density at radius 1 is 0.870 bits per heavy atom. The summed E-state index contributed by atoms with van der Waals surface area (Å²) in [6.07, 6.45) is 11.2. The van der Waals surface area contributed by atoms with Crippen molar-refractivity contribution < 1.29 is 14.3 Å². The third-order valence-electron chi connectivity index (χ3n) is 3.93. The summed E-state index contributed by atoms with van der Waals surface area (Å²) in [5.41, 5.74) is 1.09. The van der Waals surface area contributed by atoms with E-state index in [1.165, 1.54) is 38.5 Å². The van der Waals surface area contributed by atoms with E-state index in [2.05, 4.69) is 13.8 Å². The molecule has 1 rings (SSSR count). The molecule has 1 aromatic rings. The van der Waals surface area contributed by atoms with Crippen LogP contribution in [-0.4, -0.2) is 12.8 Å². The highest BCUT2D eigenvalue weighted by Gasteiger charge is 2.09. The van der Waals surface area contributed by atoms with Gasteiger partial charge in [0.05, 0.1) is 6.61 Å². The van der Waals surface area contributed by atoms with E-state index in [1.54, 1.807) is 0 Å². The average Bonchev–Trinajstić information content (AvgIpc) is 2.55. The molecule has 0 unspecified atom stereocenters. The zero-order valence-corrected chi connectivity index (χ0v) is 14.8. The summed E-state index contributed by atoms with van der Waals surface area (Å²) in [6.45, 7) is 4.73. The first kappa shape index (κ1) is 19.5. The number of carbonyl (C=O) groups is 1. The van der Waals surface area contributed by atoms with Crippen LogP contribution in [0.4, 0.5) is 4.79 Å². The van der Waals surface area contributed by atoms with Crippen LogP contribution >= 0.6 is 0 Å². The van der Waals surface area contributed by atoms with E-state index in [0.29, 0.717) is 12.4 Å². The monoisotopic (exact) mass is 320 g/mol.